The molecule has 4 nitrogen and oxygen atoms in total. The molecular weight excluding hydrogens is 350 g/mol. The lowest BCUT2D eigenvalue weighted by molar-refractivity contribution is -0.274. The van der Waals surface area contributed by atoms with E-state index in [4.69, 9.17) is 5.73 Å². The molecule has 0 atom stereocenters. The summed E-state index contributed by atoms with van der Waals surface area (Å²) in [6.45, 7) is 0. The molecule has 0 radical (unpaired) electrons. The molecule has 96 valence electrons. The summed E-state index contributed by atoms with van der Waals surface area (Å²) in [6.07, 6.45) is -4.74. The Morgan fingerprint density at radius 3 is 2.47 bits per heavy atom. The first-order valence-electron chi connectivity index (χ1n) is 4.26. The summed E-state index contributed by atoms with van der Waals surface area (Å²) in [6, 6.07) is 5.55. The van der Waals surface area contributed by atoms with Crippen molar-refractivity contribution in [2.45, 2.75) is 6.36 Å². The van der Waals surface area contributed by atoms with Gasteiger partial charge in [-0.2, -0.15) is 0 Å². The molecule has 0 aliphatic rings. The number of rotatable bonds is 2. The molecule has 0 aliphatic heterocycles. The molecule has 0 bridgehead atoms. The van der Waals surface area contributed by atoms with Crippen molar-refractivity contribution in [2.75, 3.05) is 12.4 Å². The first-order valence-corrected chi connectivity index (χ1v) is 4.26. The van der Waals surface area contributed by atoms with E-state index in [1.807, 2.05) is 0 Å². The van der Waals surface area contributed by atoms with E-state index in [9.17, 15) is 13.2 Å². The molecule has 0 saturated carbocycles. The van der Waals surface area contributed by atoms with Crippen LogP contribution in [0, 0.1) is 0 Å². The van der Waals surface area contributed by atoms with Crippen LogP contribution in [0.3, 0.4) is 0 Å². The first-order chi connectivity index (χ1) is 7.42. The number of nitrogens with zero attached hydrogens (tertiary/aromatic N) is 1. The number of alkyl halides is 3. The molecule has 0 saturated heterocycles. The number of ether oxygens (including phenoxy) is 1. The normalized spacial score (nSPS) is 11.6. The van der Waals surface area contributed by atoms with E-state index in [0.29, 0.717) is 0 Å². The smallest absolute Gasteiger partial charge is 0.404 e. The molecule has 1 aromatic carbocycles. The number of hydrogen-bond acceptors (Lipinski definition) is 2. The van der Waals surface area contributed by atoms with E-state index < -0.39 is 6.36 Å². The van der Waals surface area contributed by atoms with Gasteiger partial charge in [-0.05, 0) is 12.1 Å². The van der Waals surface area contributed by atoms with Crippen molar-refractivity contribution in [3.8, 4) is 5.75 Å². The summed E-state index contributed by atoms with van der Waals surface area (Å²) in [5, 5.41) is 2.49. The third kappa shape index (κ3) is 5.61. The summed E-state index contributed by atoms with van der Waals surface area (Å²) >= 11 is 0. The molecule has 0 amide bonds. The summed E-state index contributed by atoms with van der Waals surface area (Å²) in [4.78, 5) is 3.57. The number of nitrogens with two attached hydrogens (primary N) is 1. The highest BCUT2D eigenvalue weighted by Crippen LogP contribution is 2.29. The van der Waals surface area contributed by atoms with Crippen LogP contribution >= 0.6 is 24.0 Å². The zero-order valence-corrected chi connectivity index (χ0v) is 11.1. The average molecular weight is 361 g/mol. The highest BCUT2D eigenvalue weighted by atomic mass is 127. The van der Waals surface area contributed by atoms with Crippen LogP contribution in [0.4, 0.5) is 18.9 Å². The van der Waals surface area contributed by atoms with Gasteiger partial charge < -0.3 is 15.8 Å². The second kappa shape index (κ2) is 6.52. The van der Waals surface area contributed by atoms with E-state index >= 15 is 0 Å². The van der Waals surface area contributed by atoms with Crippen LogP contribution in [0.25, 0.3) is 0 Å². The van der Waals surface area contributed by atoms with Gasteiger partial charge in [0.05, 0.1) is 5.69 Å². The highest BCUT2D eigenvalue weighted by molar-refractivity contribution is 14.0. The number of benzene rings is 1. The fraction of sp³-hybridized carbons (Fsp3) is 0.222. The summed E-state index contributed by atoms with van der Waals surface area (Å²) in [5.74, 6) is -0.361. The predicted molar refractivity (Wildman–Crippen MR) is 69.7 cm³/mol. The topological polar surface area (TPSA) is 59.6 Å². The number of aliphatic imine (C=N–C) groups is 1. The van der Waals surface area contributed by atoms with Gasteiger partial charge >= 0.3 is 6.36 Å². The van der Waals surface area contributed by atoms with Crippen LogP contribution in [0.2, 0.25) is 0 Å². The van der Waals surface area contributed by atoms with E-state index in [2.05, 4.69) is 15.0 Å². The average Bonchev–Trinajstić information content (AvgIpc) is 2.18. The number of hydrogen-bond donors (Lipinski definition) is 2. The van der Waals surface area contributed by atoms with Gasteiger partial charge in [0.1, 0.15) is 0 Å². The third-order valence-electron chi connectivity index (χ3n) is 1.62. The van der Waals surface area contributed by atoms with Crippen LogP contribution in [-0.2, 0) is 0 Å². The van der Waals surface area contributed by atoms with Gasteiger partial charge in [0.25, 0.3) is 0 Å². The number of anilines is 1. The Bertz CT molecular complexity index is 395. The fourth-order valence-corrected chi connectivity index (χ4v) is 0.977. The van der Waals surface area contributed by atoms with Crippen molar-refractivity contribution in [1.82, 2.24) is 0 Å². The van der Waals surface area contributed by atoms with Crippen molar-refractivity contribution in [1.29, 1.82) is 0 Å². The van der Waals surface area contributed by atoms with Gasteiger partial charge in [-0.3, -0.25) is 4.99 Å². The van der Waals surface area contributed by atoms with Gasteiger partial charge in [-0.15, -0.1) is 37.1 Å². The molecule has 0 fully saturated rings. The zero-order valence-electron chi connectivity index (χ0n) is 8.78. The van der Waals surface area contributed by atoms with Gasteiger partial charge in [-0.25, -0.2) is 0 Å². The second-order valence-corrected chi connectivity index (χ2v) is 2.78. The Hall–Kier alpha value is -1.19. The molecule has 0 heterocycles. The molecule has 8 heteroatoms. The zero-order chi connectivity index (χ0) is 12.2. The van der Waals surface area contributed by atoms with E-state index in [1.54, 1.807) is 6.07 Å². The van der Waals surface area contributed by atoms with Crippen LogP contribution in [0.5, 0.6) is 5.75 Å². The quantitative estimate of drug-likeness (QED) is 0.484. The minimum Gasteiger partial charge on any atom is -0.404 e. The summed E-state index contributed by atoms with van der Waals surface area (Å²) in [7, 11) is 1.41. The molecule has 1 aromatic rings. The number of para-hydroxylation sites is 2. The van der Waals surface area contributed by atoms with Gasteiger partial charge in [-0.1, -0.05) is 12.1 Å². The van der Waals surface area contributed by atoms with E-state index in [0.717, 1.165) is 0 Å². The maximum absolute atomic E-state index is 12.0. The SMILES string of the molecule is CN=C(N)Nc1ccccc1OC(F)(F)F.I. The van der Waals surface area contributed by atoms with Gasteiger partial charge in [0.2, 0.25) is 0 Å². The Balaban J connectivity index is 0.00000256. The molecule has 0 unspecified atom stereocenters. The van der Waals surface area contributed by atoms with Gasteiger partial charge in [0, 0.05) is 7.05 Å². The largest absolute Gasteiger partial charge is 0.573 e. The molecule has 0 aromatic heterocycles. The molecule has 1 rings (SSSR count). The molecule has 3 N–H and O–H groups in total. The maximum atomic E-state index is 12.0. The lowest BCUT2D eigenvalue weighted by atomic mass is 10.3. The van der Waals surface area contributed by atoms with Crippen LogP contribution in [0.1, 0.15) is 0 Å². The van der Waals surface area contributed by atoms with Crippen molar-refractivity contribution in [2.24, 2.45) is 10.7 Å². The monoisotopic (exact) mass is 361 g/mol. The number of guanidine groups is 1. The molecule has 0 aliphatic carbocycles. The van der Waals surface area contributed by atoms with Crippen LogP contribution in [0.15, 0.2) is 29.3 Å². The van der Waals surface area contributed by atoms with Crippen molar-refractivity contribution < 1.29 is 17.9 Å². The van der Waals surface area contributed by atoms with Crippen molar-refractivity contribution in [3.05, 3.63) is 24.3 Å². The third-order valence-corrected chi connectivity index (χ3v) is 1.62. The van der Waals surface area contributed by atoms with E-state index in [1.165, 1.54) is 25.2 Å². The second-order valence-electron chi connectivity index (χ2n) is 2.78. The molecule has 17 heavy (non-hydrogen) atoms. The maximum Gasteiger partial charge on any atom is 0.573 e. The summed E-state index contributed by atoms with van der Waals surface area (Å²) < 4.78 is 39.9. The van der Waals surface area contributed by atoms with Crippen molar-refractivity contribution in [3.63, 3.8) is 0 Å². The minimum atomic E-state index is -4.74. The lowest BCUT2D eigenvalue weighted by Crippen LogP contribution is -2.24. The predicted octanol–water partition coefficient (Wildman–Crippen LogP) is 2.56. The van der Waals surface area contributed by atoms with Gasteiger partial charge in [0.15, 0.2) is 11.7 Å². The number of halogens is 4. The Kier molecular flexibility index (Phi) is 6.07. The summed E-state index contributed by atoms with van der Waals surface area (Å²) in [5.41, 5.74) is 5.44. The lowest BCUT2D eigenvalue weighted by Gasteiger charge is -2.13. The molecule has 0 spiro atoms. The Morgan fingerprint density at radius 2 is 1.94 bits per heavy atom. The van der Waals surface area contributed by atoms with Crippen molar-refractivity contribution >= 4 is 35.6 Å². The fourth-order valence-electron chi connectivity index (χ4n) is 0.977. The standard InChI is InChI=1S/C9H10F3N3O.HI/c1-14-8(13)15-6-4-2-3-5-7(6)16-9(10,11)12;/h2-5H,1H3,(H3,13,14,15);1H. The highest BCUT2D eigenvalue weighted by Gasteiger charge is 2.32. The molecular formula is C9H11F3IN3O. The van der Waals surface area contributed by atoms with Crippen LogP contribution in [-0.4, -0.2) is 19.4 Å². The Labute approximate surface area is 113 Å². The Morgan fingerprint density at radius 1 is 1.35 bits per heavy atom. The number of nitrogens with one attached hydrogen (secondary N) is 1. The minimum absolute atomic E-state index is 0. The van der Waals surface area contributed by atoms with Crippen LogP contribution < -0.4 is 15.8 Å². The van der Waals surface area contributed by atoms with E-state index in [-0.39, 0.29) is 41.4 Å². The first kappa shape index (κ1) is 15.8.